The van der Waals surface area contributed by atoms with E-state index in [1.165, 1.54) is 0 Å². The van der Waals surface area contributed by atoms with Crippen LogP contribution in [0.15, 0.2) is 46.2 Å². The number of carbonyl (C=O) groups is 4. The van der Waals surface area contributed by atoms with Gasteiger partial charge in [0.05, 0.1) is 56.5 Å². The number of esters is 4. The maximum atomic E-state index is 11.9. The van der Waals surface area contributed by atoms with E-state index in [-0.39, 0.29) is 45.3 Å². The van der Waals surface area contributed by atoms with Gasteiger partial charge in [-0.05, 0) is 91.8 Å². The molecule has 17 heteroatoms. The molecular weight excluding hydrogens is 649 g/mol. The Kier molecular flexibility index (Phi) is 16.4. The van der Waals surface area contributed by atoms with E-state index in [2.05, 4.69) is 0 Å². The summed E-state index contributed by atoms with van der Waals surface area (Å²) in [6, 6.07) is 5.75. The predicted molar refractivity (Wildman–Crippen MR) is 157 cm³/mol. The normalized spacial score (nSPS) is 11.3. The van der Waals surface area contributed by atoms with Crippen LogP contribution in [0.4, 0.5) is 0 Å². The van der Waals surface area contributed by atoms with E-state index in [1.54, 1.807) is 55.4 Å². The molecule has 0 aliphatic rings. The van der Waals surface area contributed by atoms with Crippen LogP contribution in [0.2, 0.25) is 0 Å². The molecule has 0 unspecified atom stereocenters. The van der Waals surface area contributed by atoms with Crippen LogP contribution in [0.3, 0.4) is 0 Å². The molecule has 2 rings (SSSR count). The second-order valence-corrected chi connectivity index (χ2v) is 13.0. The van der Waals surface area contributed by atoms with Crippen LogP contribution in [0.1, 0.15) is 96.8 Å². The van der Waals surface area contributed by atoms with Crippen molar-refractivity contribution in [3.8, 4) is 0 Å². The molecule has 0 amide bonds. The SMILES string of the molecule is CC(C)OC(=O)c1cc(C(=O)OC(C)C)cc(S(=O)(=O)[O-])c1.CC(C)OC(=O)c1cc(C(=O)OC(C)C)cc(S(=O)(=O)[O-])c1.[Mg+2]. The van der Waals surface area contributed by atoms with Crippen LogP contribution in [0.25, 0.3) is 0 Å². The molecule has 0 aliphatic heterocycles. The van der Waals surface area contributed by atoms with E-state index >= 15 is 0 Å². The largest absolute Gasteiger partial charge is 2.00 e. The number of hydrogen-bond donors (Lipinski definition) is 0. The number of rotatable bonds is 10. The predicted octanol–water partition coefficient (Wildman–Crippen LogP) is 3.06. The van der Waals surface area contributed by atoms with Gasteiger partial charge in [-0.3, -0.25) is 0 Å². The summed E-state index contributed by atoms with van der Waals surface area (Å²) in [5, 5.41) is 0. The molecule has 0 saturated heterocycles. The Balaban J connectivity index is 0.000000842. The van der Waals surface area contributed by atoms with Crippen LogP contribution in [-0.4, -0.2) is 97.3 Å². The topological polar surface area (TPSA) is 220 Å². The third-order valence-electron chi connectivity index (χ3n) is 4.70. The van der Waals surface area contributed by atoms with Crippen molar-refractivity contribution in [1.82, 2.24) is 0 Å². The standard InChI is InChI=1S/2C14H18O7S.Mg/c2*1-8(2)20-13(15)10-5-11(14(16)21-9(3)4)7-12(6-10)22(17,18)19;/h2*5-9H,1-4H3,(H,17,18,19);/q;;+2/p-2. The summed E-state index contributed by atoms with van der Waals surface area (Å²) < 4.78 is 86.7. The number of benzene rings is 2. The summed E-state index contributed by atoms with van der Waals surface area (Å²) in [7, 11) is -9.67. The minimum atomic E-state index is -4.84. The fourth-order valence-electron chi connectivity index (χ4n) is 3.09. The molecule has 0 spiro atoms. The third-order valence-corrected chi connectivity index (χ3v) is 6.33. The van der Waals surface area contributed by atoms with Crippen LogP contribution in [0.5, 0.6) is 0 Å². The molecular formula is C28H34MgO14S2. The third kappa shape index (κ3) is 14.7. The first kappa shape index (κ1) is 41.9. The fourth-order valence-corrected chi connectivity index (χ4v) is 4.17. The van der Waals surface area contributed by atoms with Crippen molar-refractivity contribution in [1.29, 1.82) is 0 Å². The summed E-state index contributed by atoms with van der Waals surface area (Å²) in [6.07, 6.45) is -1.76. The van der Waals surface area contributed by atoms with E-state index < -0.39 is 78.3 Å². The summed E-state index contributed by atoms with van der Waals surface area (Å²) >= 11 is 0. The number of ether oxygens (including phenoxy) is 4. The Labute approximate surface area is 278 Å². The maximum absolute atomic E-state index is 11.9. The molecule has 0 N–H and O–H groups in total. The Morgan fingerprint density at radius 2 is 0.644 bits per heavy atom. The zero-order valence-electron chi connectivity index (χ0n) is 26.0. The van der Waals surface area contributed by atoms with Crippen molar-refractivity contribution in [3.63, 3.8) is 0 Å². The maximum Gasteiger partial charge on any atom is 2.00 e. The van der Waals surface area contributed by atoms with Gasteiger partial charge in [0.1, 0.15) is 20.2 Å². The molecule has 0 aliphatic carbocycles. The number of carbonyl (C=O) groups excluding carboxylic acids is 4. The van der Waals surface area contributed by atoms with Gasteiger partial charge in [0, 0.05) is 0 Å². The van der Waals surface area contributed by atoms with Gasteiger partial charge in [-0.25, -0.2) is 36.0 Å². The van der Waals surface area contributed by atoms with E-state index in [1.807, 2.05) is 0 Å². The average Bonchev–Trinajstić information content (AvgIpc) is 2.86. The van der Waals surface area contributed by atoms with E-state index in [0.29, 0.717) is 0 Å². The van der Waals surface area contributed by atoms with Crippen molar-refractivity contribution < 1.29 is 64.1 Å². The summed E-state index contributed by atoms with van der Waals surface area (Å²) in [5.74, 6) is -3.34. The summed E-state index contributed by atoms with van der Waals surface area (Å²) in [4.78, 5) is 46.1. The summed E-state index contributed by atoms with van der Waals surface area (Å²) in [6.45, 7) is 12.9. The number of hydrogen-bond acceptors (Lipinski definition) is 14. The van der Waals surface area contributed by atoms with Crippen LogP contribution in [0, 0.1) is 0 Å². The van der Waals surface area contributed by atoms with Crippen molar-refractivity contribution >= 4 is 67.2 Å². The molecule has 244 valence electrons. The van der Waals surface area contributed by atoms with Crippen LogP contribution >= 0.6 is 0 Å². The van der Waals surface area contributed by atoms with Crippen LogP contribution in [-0.2, 0) is 39.2 Å². The molecule has 2 aromatic rings. The smallest absolute Gasteiger partial charge is 0.744 e. The van der Waals surface area contributed by atoms with E-state index in [0.717, 1.165) is 36.4 Å². The van der Waals surface area contributed by atoms with Gasteiger partial charge in [-0.1, -0.05) is 0 Å². The first-order valence-corrected chi connectivity index (χ1v) is 15.9. The fraction of sp³-hybridized carbons (Fsp3) is 0.429. The zero-order chi connectivity index (χ0) is 34.2. The van der Waals surface area contributed by atoms with E-state index in [4.69, 9.17) is 18.9 Å². The van der Waals surface area contributed by atoms with Gasteiger partial charge >= 0.3 is 46.9 Å². The Morgan fingerprint density at radius 1 is 0.467 bits per heavy atom. The van der Waals surface area contributed by atoms with Crippen molar-refractivity contribution in [2.24, 2.45) is 0 Å². The Hall–Kier alpha value is -3.09. The second-order valence-electron chi connectivity index (χ2n) is 10.2. The quantitative estimate of drug-likeness (QED) is 0.152. The molecule has 0 aromatic heterocycles. The van der Waals surface area contributed by atoms with Gasteiger partial charge in [-0.15, -0.1) is 0 Å². The minimum Gasteiger partial charge on any atom is -0.744 e. The van der Waals surface area contributed by atoms with Crippen LogP contribution < -0.4 is 0 Å². The van der Waals surface area contributed by atoms with Crippen molar-refractivity contribution in [2.75, 3.05) is 0 Å². The van der Waals surface area contributed by atoms with Gasteiger partial charge in [-0.2, -0.15) is 0 Å². The molecule has 0 radical (unpaired) electrons. The molecule has 0 heterocycles. The van der Waals surface area contributed by atoms with Gasteiger partial charge in [0.2, 0.25) is 0 Å². The van der Waals surface area contributed by atoms with Crippen molar-refractivity contribution in [2.45, 2.75) is 89.6 Å². The molecule has 45 heavy (non-hydrogen) atoms. The molecule has 0 saturated carbocycles. The average molecular weight is 683 g/mol. The molecule has 0 atom stereocenters. The van der Waals surface area contributed by atoms with Gasteiger partial charge in [0.15, 0.2) is 0 Å². The monoisotopic (exact) mass is 682 g/mol. The molecule has 0 fully saturated rings. The van der Waals surface area contributed by atoms with Crippen molar-refractivity contribution in [3.05, 3.63) is 58.7 Å². The summed E-state index contributed by atoms with van der Waals surface area (Å²) in [5.41, 5.74) is -0.828. The first-order chi connectivity index (χ1) is 20.0. The zero-order valence-corrected chi connectivity index (χ0v) is 29.1. The molecule has 14 nitrogen and oxygen atoms in total. The van der Waals surface area contributed by atoms with Gasteiger partial charge < -0.3 is 28.1 Å². The molecule has 0 bridgehead atoms. The second kappa shape index (κ2) is 17.6. The minimum absolute atomic E-state index is 0. The van der Waals surface area contributed by atoms with Gasteiger partial charge in [0.25, 0.3) is 0 Å². The molecule has 2 aromatic carbocycles. The first-order valence-electron chi connectivity index (χ1n) is 13.1. The Bertz CT molecular complexity index is 1390. The van der Waals surface area contributed by atoms with E-state index in [9.17, 15) is 45.1 Å². The Morgan fingerprint density at radius 3 is 0.778 bits per heavy atom.